The van der Waals surface area contributed by atoms with Gasteiger partial charge in [0.05, 0.1) is 5.75 Å². The first kappa shape index (κ1) is 11.1. The molecule has 2 heterocycles. The van der Waals surface area contributed by atoms with Crippen LogP contribution < -0.4 is 5.32 Å². The second kappa shape index (κ2) is 4.23. The van der Waals surface area contributed by atoms with E-state index in [0.29, 0.717) is 6.04 Å². The van der Waals surface area contributed by atoms with E-state index >= 15 is 0 Å². The third-order valence-corrected chi connectivity index (χ3v) is 4.49. The molecular formula is C10H18N2O2S. The first-order valence-electron chi connectivity index (χ1n) is 5.41. The van der Waals surface area contributed by atoms with Gasteiger partial charge in [-0.3, -0.25) is 0 Å². The van der Waals surface area contributed by atoms with Gasteiger partial charge in [0.15, 0.2) is 9.84 Å². The number of likely N-dealkylation sites (tertiary alicyclic amines) is 1. The molecule has 1 saturated heterocycles. The first-order valence-corrected chi connectivity index (χ1v) is 7.12. The lowest BCUT2D eigenvalue weighted by molar-refractivity contribution is 0.231. The van der Waals surface area contributed by atoms with Crippen molar-refractivity contribution in [2.75, 3.05) is 25.9 Å². The molecule has 2 rings (SSSR count). The van der Waals surface area contributed by atoms with Crippen molar-refractivity contribution in [2.24, 2.45) is 0 Å². The van der Waals surface area contributed by atoms with Gasteiger partial charge in [0.1, 0.15) is 0 Å². The molecule has 5 heteroatoms. The molecule has 15 heavy (non-hydrogen) atoms. The van der Waals surface area contributed by atoms with Crippen molar-refractivity contribution in [3.63, 3.8) is 0 Å². The van der Waals surface area contributed by atoms with Crippen LogP contribution in [0.3, 0.4) is 0 Å². The number of piperidine rings is 1. The van der Waals surface area contributed by atoms with Crippen LogP contribution in [0, 0.1) is 0 Å². The Balaban J connectivity index is 1.82. The predicted octanol–water partition coefficient (Wildman–Crippen LogP) is -0.0191. The first-order chi connectivity index (χ1) is 7.05. The Morgan fingerprint density at radius 3 is 2.53 bits per heavy atom. The fourth-order valence-electron chi connectivity index (χ4n) is 2.16. The maximum Gasteiger partial charge on any atom is 0.173 e. The average molecular weight is 230 g/mol. The van der Waals surface area contributed by atoms with Crippen LogP contribution in [0.2, 0.25) is 0 Å². The van der Waals surface area contributed by atoms with Crippen LogP contribution in [-0.2, 0) is 9.84 Å². The van der Waals surface area contributed by atoms with Crippen LogP contribution in [0.4, 0.5) is 0 Å². The summed E-state index contributed by atoms with van der Waals surface area (Å²) < 4.78 is 22.4. The highest BCUT2D eigenvalue weighted by Crippen LogP contribution is 2.13. The lowest BCUT2D eigenvalue weighted by Crippen LogP contribution is -2.45. The Hall–Kier alpha value is -0.390. The largest absolute Gasteiger partial charge is 0.307 e. The molecule has 1 atom stereocenters. The second-order valence-electron chi connectivity index (χ2n) is 4.51. The molecule has 0 spiro atoms. The Morgan fingerprint density at radius 2 is 2.00 bits per heavy atom. The molecule has 0 saturated carbocycles. The van der Waals surface area contributed by atoms with Crippen molar-refractivity contribution in [2.45, 2.75) is 24.9 Å². The van der Waals surface area contributed by atoms with Crippen LogP contribution in [0.1, 0.15) is 12.8 Å². The highest BCUT2D eigenvalue weighted by Gasteiger charge is 2.25. The van der Waals surface area contributed by atoms with Crippen LogP contribution >= 0.6 is 0 Å². The minimum absolute atomic E-state index is 0.0309. The van der Waals surface area contributed by atoms with E-state index in [1.165, 1.54) is 5.41 Å². The maximum absolute atomic E-state index is 11.2. The van der Waals surface area contributed by atoms with Crippen molar-refractivity contribution in [1.29, 1.82) is 0 Å². The van der Waals surface area contributed by atoms with Crippen LogP contribution in [-0.4, -0.2) is 51.3 Å². The SMILES string of the molecule is CN1CCC(NC2C=CS(=O)(=O)C2)CC1. The van der Waals surface area contributed by atoms with E-state index in [9.17, 15) is 8.42 Å². The summed E-state index contributed by atoms with van der Waals surface area (Å²) >= 11 is 0. The Morgan fingerprint density at radius 1 is 1.33 bits per heavy atom. The fraction of sp³-hybridized carbons (Fsp3) is 0.800. The number of hydrogen-bond donors (Lipinski definition) is 1. The zero-order valence-electron chi connectivity index (χ0n) is 9.02. The normalized spacial score (nSPS) is 32.2. The van der Waals surface area contributed by atoms with E-state index in [1.807, 2.05) is 0 Å². The lowest BCUT2D eigenvalue weighted by Gasteiger charge is -2.31. The number of nitrogens with zero attached hydrogens (tertiary/aromatic N) is 1. The van der Waals surface area contributed by atoms with Gasteiger partial charge in [-0.05, 0) is 33.0 Å². The van der Waals surface area contributed by atoms with Gasteiger partial charge in [-0.25, -0.2) is 8.42 Å². The summed E-state index contributed by atoms with van der Waals surface area (Å²) in [7, 11) is -0.789. The molecule has 0 aliphatic carbocycles. The maximum atomic E-state index is 11.2. The molecule has 4 nitrogen and oxygen atoms in total. The van der Waals surface area contributed by atoms with Crippen molar-refractivity contribution < 1.29 is 8.42 Å². The molecule has 86 valence electrons. The minimum Gasteiger partial charge on any atom is -0.307 e. The summed E-state index contributed by atoms with van der Waals surface area (Å²) in [4.78, 5) is 2.30. The van der Waals surface area contributed by atoms with Crippen molar-refractivity contribution >= 4 is 9.84 Å². The predicted molar refractivity (Wildman–Crippen MR) is 60.4 cm³/mol. The summed E-state index contributed by atoms with van der Waals surface area (Å²) in [5, 5.41) is 4.73. The van der Waals surface area contributed by atoms with Gasteiger partial charge in [0.25, 0.3) is 0 Å². The lowest BCUT2D eigenvalue weighted by atomic mass is 10.0. The van der Waals surface area contributed by atoms with Crippen LogP contribution in [0.25, 0.3) is 0 Å². The zero-order valence-corrected chi connectivity index (χ0v) is 9.83. The van der Waals surface area contributed by atoms with Crippen LogP contribution in [0.15, 0.2) is 11.5 Å². The second-order valence-corrected chi connectivity index (χ2v) is 6.44. The summed E-state index contributed by atoms with van der Waals surface area (Å²) in [5.41, 5.74) is 0. The standard InChI is InChI=1S/C10H18N2O2S/c1-12-5-2-9(3-6-12)11-10-4-7-15(13,14)8-10/h4,7,9-11H,2-3,5-6,8H2,1H3. The summed E-state index contributed by atoms with van der Waals surface area (Å²) in [6.07, 6.45) is 4.00. The summed E-state index contributed by atoms with van der Waals surface area (Å²) in [6.45, 7) is 2.20. The van der Waals surface area contributed by atoms with E-state index in [-0.39, 0.29) is 11.8 Å². The third-order valence-electron chi connectivity index (χ3n) is 3.10. The van der Waals surface area contributed by atoms with Crippen molar-refractivity contribution in [3.8, 4) is 0 Å². The minimum atomic E-state index is -2.91. The molecule has 2 aliphatic rings. The third kappa shape index (κ3) is 3.03. The topological polar surface area (TPSA) is 49.4 Å². The molecule has 1 fully saturated rings. The van der Waals surface area contributed by atoms with Gasteiger partial charge in [-0.2, -0.15) is 0 Å². The van der Waals surface area contributed by atoms with E-state index in [0.717, 1.165) is 25.9 Å². The van der Waals surface area contributed by atoms with Crippen molar-refractivity contribution in [1.82, 2.24) is 10.2 Å². The number of sulfone groups is 1. The molecule has 0 bridgehead atoms. The molecule has 2 aliphatic heterocycles. The smallest absolute Gasteiger partial charge is 0.173 e. The molecule has 0 amide bonds. The van der Waals surface area contributed by atoms with E-state index < -0.39 is 9.84 Å². The number of rotatable bonds is 2. The zero-order chi connectivity index (χ0) is 10.9. The molecule has 0 aromatic carbocycles. The summed E-state index contributed by atoms with van der Waals surface area (Å²) in [5.74, 6) is 0.235. The van der Waals surface area contributed by atoms with Gasteiger partial charge in [-0.1, -0.05) is 6.08 Å². The van der Waals surface area contributed by atoms with Gasteiger partial charge >= 0.3 is 0 Å². The van der Waals surface area contributed by atoms with Gasteiger partial charge < -0.3 is 10.2 Å². The van der Waals surface area contributed by atoms with E-state index in [2.05, 4.69) is 17.3 Å². The highest BCUT2D eigenvalue weighted by atomic mass is 32.2. The number of nitrogens with one attached hydrogen (secondary N) is 1. The highest BCUT2D eigenvalue weighted by molar-refractivity contribution is 7.94. The molecule has 0 aromatic rings. The van der Waals surface area contributed by atoms with Gasteiger partial charge in [-0.15, -0.1) is 0 Å². The van der Waals surface area contributed by atoms with E-state index in [4.69, 9.17) is 0 Å². The Bertz CT molecular complexity index is 342. The van der Waals surface area contributed by atoms with Crippen molar-refractivity contribution in [3.05, 3.63) is 11.5 Å². The molecule has 1 N–H and O–H groups in total. The molecule has 1 unspecified atom stereocenters. The fourth-order valence-corrected chi connectivity index (χ4v) is 3.41. The average Bonchev–Trinajstić information content (AvgIpc) is 2.50. The number of hydrogen-bond acceptors (Lipinski definition) is 4. The molecule has 0 radical (unpaired) electrons. The van der Waals surface area contributed by atoms with Gasteiger partial charge in [0, 0.05) is 17.5 Å². The Labute approximate surface area is 91.3 Å². The van der Waals surface area contributed by atoms with Crippen LogP contribution in [0.5, 0.6) is 0 Å². The molecule has 0 aromatic heterocycles. The van der Waals surface area contributed by atoms with Gasteiger partial charge in [0.2, 0.25) is 0 Å². The molecular weight excluding hydrogens is 212 g/mol. The summed E-state index contributed by atoms with van der Waals surface area (Å²) in [6, 6.07) is 0.507. The monoisotopic (exact) mass is 230 g/mol. The Kier molecular flexibility index (Phi) is 3.13. The van der Waals surface area contributed by atoms with E-state index in [1.54, 1.807) is 6.08 Å². The quantitative estimate of drug-likeness (QED) is 0.724.